The van der Waals surface area contributed by atoms with Gasteiger partial charge in [0.1, 0.15) is 0 Å². The summed E-state index contributed by atoms with van der Waals surface area (Å²) in [7, 11) is 13.3. The minimum absolute atomic E-state index is 0.667. The van der Waals surface area contributed by atoms with Gasteiger partial charge in [-0.05, 0) is 0 Å². The molecule has 0 unspecified atom stereocenters. The van der Waals surface area contributed by atoms with Crippen molar-refractivity contribution in [1.29, 1.82) is 0 Å². The van der Waals surface area contributed by atoms with Gasteiger partial charge in [-0.1, -0.05) is 0 Å². The molecule has 0 bridgehead atoms. The van der Waals surface area contributed by atoms with E-state index in [1.54, 1.807) is 0 Å². The molecule has 0 nitrogen and oxygen atoms in total. The Bertz CT molecular complexity index is 1090. The Balaban J connectivity index is 2.12. The Morgan fingerprint density at radius 3 is 1.46 bits per heavy atom. The number of hydrogen-bond acceptors (Lipinski definition) is 0. The minimum atomic E-state index is -2.88. The second-order valence-electron chi connectivity index (χ2n) is 5.98. The van der Waals surface area contributed by atoms with E-state index in [0.717, 1.165) is 35.9 Å². The van der Waals surface area contributed by atoms with Crippen molar-refractivity contribution in [3.63, 3.8) is 0 Å². The standard InChI is InChI=1S/C21H12Cl2.2ClH.Zr/c22-18-10-14-5-1-3-7-20(14)16(12-18)9-17-13-19(23)11-15-6-2-4-8-21(15)17;;;/h1-8,10-13H;2*1H;/q;;;+2/p-2. The van der Waals surface area contributed by atoms with Crippen LogP contribution >= 0.6 is 40.2 Å². The summed E-state index contributed by atoms with van der Waals surface area (Å²) in [5.74, 6) is 0. The summed E-state index contributed by atoms with van der Waals surface area (Å²) in [6.07, 6.45) is 0. The molecule has 4 rings (SSSR count). The molecule has 0 saturated carbocycles. The van der Waals surface area contributed by atoms with Gasteiger partial charge >= 0.3 is 178 Å². The molecule has 0 aliphatic carbocycles. The first kappa shape index (κ1) is 18.7. The average Bonchev–Trinajstić information content (AvgIpc) is 2.61. The van der Waals surface area contributed by atoms with Gasteiger partial charge in [0, 0.05) is 0 Å². The molecule has 5 heteroatoms. The van der Waals surface area contributed by atoms with Crippen LogP contribution in [0, 0.1) is 0 Å². The van der Waals surface area contributed by atoms with Crippen LogP contribution in [0.15, 0.2) is 72.8 Å². The Hall–Kier alpha value is -0.687. The molecule has 0 aromatic heterocycles. The number of rotatable bonds is 2. The van der Waals surface area contributed by atoms with Gasteiger partial charge in [0.2, 0.25) is 0 Å². The molecule has 0 radical (unpaired) electrons. The monoisotopic (exact) mass is 494 g/mol. The maximum atomic E-state index is 6.66. The van der Waals surface area contributed by atoms with Crippen LogP contribution in [0.5, 0.6) is 0 Å². The topological polar surface area (TPSA) is 0 Å². The fourth-order valence-corrected chi connectivity index (χ4v) is 8.19. The Morgan fingerprint density at radius 1 is 0.615 bits per heavy atom. The first-order valence-electron chi connectivity index (χ1n) is 7.97. The maximum absolute atomic E-state index is 6.66. The molecule has 4 aromatic carbocycles. The van der Waals surface area contributed by atoms with Crippen LogP contribution in [0.3, 0.4) is 0 Å². The van der Waals surface area contributed by atoms with E-state index >= 15 is 0 Å². The quantitative estimate of drug-likeness (QED) is 0.265. The molecule has 0 aliphatic heterocycles. The summed E-state index contributed by atoms with van der Waals surface area (Å²) in [5, 5.41) is 5.65. The molecule has 128 valence electrons. The second kappa shape index (κ2) is 7.74. The van der Waals surface area contributed by atoms with Crippen LogP contribution in [-0.4, -0.2) is 3.21 Å². The van der Waals surface area contributed by atoms with Crippen molar-refractivity contribution in [1.82, 2.24) is 0 Å². The Morgan fingerprint density at radius 2 is 1.04 bits per heavy atom. The molecule has 0 atom stereocenters. The predicted octanol–water partition coefficient (Wildman–Crippen LogP) is 7.79. The van der Waals surface area contributed by atoms with E-state index in [-0.39, 0.29) is 0 Å². The summed E-state index contributed by atoms with van der Waals surface area (Å²) in [6.45, 7) is 0. The number of fused-ring (bicyclic) bond motifs is 2. The number of halogens is 4. The van der Waals surface area contributed by atoms with Crippen molar-refractivity contribution in [2.45, 2.75) is 0 Å². The molecule has 0 amide bonds. The van der Waals surface area contributed by atoms with Gasteiger partial charge < -0.3 is 0 Å². The average molecular weight is 497 g/mol. The molecular formula is C21H12Cl4Zr. The summed E-state index contributed by atoms with van der Waals surface area (Å²) in [5.41, 5.74) is 2.00. The van der Waals surface area contributed by atoms with Crippen LogP contribution in [0.1, 0.15) is 11.1 Å². The fraction of sp³-hybridized carbons (Fsp3) is 0. The molecule has 0 saturated heterocycles. The van der Waals surface area contributed by atoms with Crippen molar-refractivity contribution in [3.05, 3.63) is 94.0 Å². The first-order chi connectivity index (χ1) is 12.5. The van der Waals surface area contributed by atoms with Crippen molar-refractivity contribution in [3.8, 4) is 0 Å². The second-order valence-corrected chi connectivity index (χ2v) is 15.0. The Kier molecular flexibility index (Phi) is 5.56. The van der Waals surface area contributed by atoms with E-state index in [0.29, 0.717) is 10.0 Å². The van der Waals surface area contributed by atoms with E-state index in [1.165, 1.54) is 0 Å². The van der Waals surface area contributed by atoms with Crippen molar-refractivity contribution < 1.29 is 18.9 Å². The van der Waals surface area contributed by atoms with Gasteiger partial charge in [-0.25, -0.2) is 0 Å². The molecule has 0 heterocycles. The van der Waals surface area contributed by atoms with Crippen LogP contribution in [0.25, 0.3) is 21.5 Å². The van der Waals surface area contributed by atoms with Crippen LogP contribution in [-0.2, 0) is 18.9 Å². The third kappa shape index (κ3) is 3.53. The van der Waals surface area contributed by atoms with E-state index in [9.17, 15) is 0 Å². The molecule has 0 fully saturated rings. The summed E-state index contributed by atoms with van der Waals surface area (Å²) in [4.78, 5) is 0. The molecule has 26 heavy (non-hydrogen) atoms. The number of benzene rings is 4. The SMILES string of the molecule is Clc1cc([C](c2cc(Cl)cc3ccccc23)=[Zr]([Cl])[Cl])c2ccccc2c1. The van der Waals surface area contributed by atoms with E-state index in [1.807, 2.05) is 60.7 Å². The van der Waals surface area contributed by atoms with Gasteiger partial charge in [0.25, 0.3) is 0 Å². The third-order valence-electron chi connectivity index (χ3n) is 4.38. The van der Waals surface area contributed by atoms with E-state index in [2.05, 4.69) is 12.1 Å². The van der Waals surface area contributed by atoms with Gasteiger partial charge in [-0.15, -0.1) is 0 Å². The van der Waals surface area contributed by atoms with E-state index in [4.69, 9.17) is 40.2 Å². The van der Waals surface area contributed by atoms with E-state index < -0.39 is 18.9 Å². The predicted molar refractivity (Wildman–Crippen MR) is 113 cm³/mol. The molecule has 0 aliphatic rings. The Labute approximate surface area is 176 Å². The summed E-state index contributed by atoms with van der Waals surface area (Å²) < 4.78 is 0.994. The van der Waals surface area contributed by atoms with Crippen LogP contribution in [0.2, 0.25) is 10.0 Å². The number of hydrogen-bond donors (Lipinski definition) is 0. The van der Waals surface area contributed by atoms with Crippen molar-refractivity contribution in [2.75, 3.05) is 0 Å². The van der Waals surface area contributed by atoms with Crippen LogP contribution in [0.4, 0.5) is 0 Å². The summed E-state index contributed by atoms with van der Waals surface area (Å²) >= 11 is 9.93. The molecular weight excluding hydrogens is 485 g/mol. The van der Waals surface area contributed by atoms with Gasteiger partial charge in [-0.3, -0.25) is 0 Å². The third-order valence-corrected chi connectivity index (χ3v) is 9.31. The molecule has 4 aromatic rings. The summed E-state index contributed by atoms with van der Waals surface area (Å²) in [6, 6.07) is 24.1. The van der Waals surface area contributed by atoms with Crippen molar-refractivity contribution >= 4 is 65.0 Å². The molecule has 0 N–H and O–H groups in total. The van der Waals surface area contributed by atoms with Crippen LogP contribution < -0.4 is 0 Å². The van der Waals surface area contributed by atoms with Gasteiger partial charge in [-0.2, -0.15) is 0 Å². The van der Waals surface area contributed by atoms with Gasteiger partial charge in [0.15, 0.2) is 0 Å². The first-order valence-corrected chi connectivity index (χ1v) is 16.3. The normalized spacial score (nSPS) is 11.1. The molecule has 0 spiro atoms. The zero-order chi connectivity index (χ0) is 18.3. The zero-order valence-electron chi connectivity index (χ0n) is 13.4. The van der Waals surface area contributed by atoms with Crippen molar-refractivity contribution in [2.24, 2.45) is 0 Å². The fourth-order valence-electron chi connectivity index (χ4n) is 3.31. The van der Waals surface area contributed by atoms with Gasteiger partial charge in [0.05, 0.1) is 0 Å². The zero-order valence-corrected chi connectivity index (χ0v) is 18.9.